The van der Waals surface area contributed by atoms with Crippen LogP contribution in [0.15, 0.2) is 76.5 Å². The average Bonchev–Trinajstić information content (AvgIpc) is 3.37. The van der Waals surface area contributed by atoms with E-state index >= 15 is 0 Å². The summed E-state index contributed by atoms with van der Waals surface area (Å²) >= 11 is 7.48. The van der Waals surface area contributed by atoms with Gasteiger partial charge in [0.2, 0.25) is 5.91 Å². The molecule has 0 unspecified atom stereocenters. The second-order valence-electron chi connectivity index (χ2n) is 6.69. The van der Waals surface area contributed by atoms with E-state index in [1.165, 1.54) is 11.8 Å². The minimum atomic E-state index is -0.109. The first-order valence-corrected chi connectivity index (χ1v) is 10.7. The predicted molar refractivity (Wildman–Crippen MR) is 119 cm³/mol. The smallest absolute Gasteiger partial charge is 0.234 e. The molecule has 0 atom stereocenters. The number of carbonyl (C=O) groups excluding carboxylic acids is 1. The molecule has 4 aromatic rings. The monoisotopic (exact) mass is 438 g/mol. The number of nitrogens with zero attached hydrogens (tertiary/aromatic N) is 3. The largest absolute Gasteiger partial charge is 0.467 e. The lowest BCUT2D eigenvalue weighted by Gasteiger charge is -2.09. The Balaban J connectivity index is 1.54. The third-order valence-corrected chi connectivity index (χ3v) is 5.53. The van der Waals surface area contributed by atoms with E-state index in [9.17, 15) is 4.79 Å². The summed E-state index contributed by atoms with van der Waals surface area (Å²) in [5.74, 6) is 1.53. The molecule has 1 N–H and O–H groups in total. The molecule has 6 nitrogen and oxygen atoms in total. The van der Waals surface area contributed by atoms with Gasteiger partial charge in [-0.05, 0) is 48.9 Å². The maximum absolute atomic E-state index is 12.4. The highest BCUT2D eigenvalue weighted by Gasteiger charge is 2.17. The fourth-order valence-electron chi connectivity index (χ4n) is 2.99. The van der Waals surface area contributed by atoms with Crippen molar-refractivity contribution in [2.24, 2.45) is 0 Å². The molecule has 0 saturated carbocycles. The first-order chi connectivity index (χ1) is 14.6. The van der Waals surface area contributed by atoms with E-state index in [-0.39, 0.29) is 11.7 Å². The van der Waals surface area contributed by atoms with Gasteiger partial charge in [-0.3, -0.25) is 9.36 Å². The second kappa shape index (κ2) is 9.19. The molecular weight excluding hydrogens is 420 g/mol. The second-order valence-corrected chi connectivity index (χ2v) is 8.07. The van der Waals surface area contributed by atoms with Crippen molar-refractivity contribution in [1.29, 1.82) is 0 Å². The van der Waals surface area contributed by atoms with E-state index in [4.69, 9.17) is 16.0 Å². The molecule has 2 aromatic carbocycles. The van der Waals surface area contributed by atoms with Gasteiger partial charge in [-0.15, -0.1) is 10.2 Å². The van der Waals surface area contributed by atoms with Gasteiger partial charge in [-0.25, -0.2) is 0 Å². The number of hydrogen-bond acceptors (Lipinski definition) is 5. The van der Waals surface area contributed by atoms with Crippen molar-refractivity contribution >= 4 is 35.0 Å². The summed E-state index contributed by atoms with van der Waals surface area (Å²) in [6.45, 7) is 2.43. The van der Waals surface area contributed by atoms with Crippen LogP contribution in [0.2, 0.25) is 5.02 Å². The zero-order valence-electron chi connectivity index (χ0n) is 16.2. The molecule has 0 aliphatic rings. The maximum atomic E-state index is 12.4. The number of rotatable bonds is 7. The lowest BCUT2D eigenvalue weighted by Crippen LogP contribution is -2.15. The number of amides is 1. The van der Waals surface area contributed by atoms with Crippen LogP contribution < -0.4 is 5.32 Å². The van der Waals surface area contributed by atoms with Gasteiger partial charge in [-0.2, -0.15) is 0 Å². The zero-order valence-corrected chi connectivity index (χ0v) is 17.8. The van der Waals surface area contributed by atoms with Crippen LogP contribution in [0.1, 0.15) is 11.3 Å². The first-order valence-electron chi connectivity index (χ1n) is 9.29. The van der Waals surface area contributed by atoms with Crippen molar-refractivity contribution in [3.8, 4) is 11.4 Å². The molecule has 0 bridgehead atoms. The molecule has 8 heteroatoms. The van der Waals surface area contributed by atoms with Crippen LogP contribution in [0.25, 0.3) is 11.4 Å². The van der Waals surface area contributed by atoms with Crippen LogP contribution in [0.5, 0.6) is 0 Å². The fraction of sp³-hybridized carbons (Fsp3) is 0.136. The summed E-state index contributed by atoms with van der Waals surface area (Å²) in [6, 6.07) is 18.9. The molecule has 0 fully saturated rings. The van der Waals surface area contributed by atoms with Crippen LogP contribution in [0.3, 0.4) is 0 Å². The number of hydrogen-bond donors (Lipinski definition) is 1. The Morgan fingerprint density at radius 1 is 1.13 bits per heavy atom. The predicted octanol–water partition coefficient (Wildman–Crippen LogP) is 5.28. The molecule has 152 valence electrons. The highest BCUT2D eigenvalue weighted by atomic mass is 35.5. The van der Waals surface area contributed by atoms with E-state index in [0.29, 0.717) is 22.5 Å². The van der Waals surface area contributed by atoms with E-state index in [1.54, 1.807) is 6.26 Å². The molecule has 4 rings (SSSR count). The van der Waals surface area contributed by atoms with Gasteiger partial charge in [0.1, 0.15) is 5.76 Å². The number of nitrogens with one attached hydrogen (secondary N) is 1. The molecule has 0 aliphatic carbocycles. The third kappa shape index (κ3) is 4.93. The molecule has 1 amide bonds. The summed E-state index contributed by atoms with van der Waals surface area (Å²) in [6.07, 6.45) is 1.63. The third-order valence-electron chi connectivity index (χ3n) is 4.33. The number of anilines is 1. The maximum Gasteiger partial charge on any atom is 0.234 e. The van der Waals surface area contributed by atoms with E-state index in [0.717, 1.165) is 22.6 Å². The Morgan fingerprint density at radius 3 is 2.77 bits per heavy atom. The van der Waals surface area contributed by atoms with Crippen LogP contribution >= 0.6 is 23.4 Å². The number of halogens is 1. The van der Waals surface area contributed by atoms with Gasteiger partial charge >= 0.3 is 0 Å². The topological polar surface area (TPSA) is 73.0 Å². The highest BCUT2D eigenvalue weighted by Crippen LogP contribution is 2.27. The van der Waals surface area contributed by atoms with Gasteiger partial charge in [-0.1, -0.05) is 47.6 Å². The van der Waals surface area contributed by atoms with Gasteiger partial charge in [0.15, 0.2) is 11.0 Å². The van der Waals surface area contributed by atoms with E-state index in [2.05, 4.69) is 15.5 Å². The van der Waals surface area contributed by atoms with Crippen molar-refractivity contribution in [1.82, 2.24) is 14.8 Å². The SMILES string of the molecule is Cc1cccc(NC(=O)CSc2nnc(-c3cccc(Cl)c3)n2Cc2ccco2)c1. The van der Waals surface area contributed by atoms with Crippen molar-refractivity contribution < 1.29 is 9.21 Å². The van der Waals surface area contributed by atoms with Crippen LogP contribution in [-0.4, -0.2) is 26.4 Å². The van der Waals surface area contributed by atoms with Crippen molar-refractivity contribution in [3.63, 3.8) is 0 Å². The molecule has 0 radical (unpaired) electrons. The van der Waals surface area contributed by atoms with Gasteiger partial charge in [0, 0.05) is 16.3 Å². The molecule has 30 heavy (non-hydrogen) atoms. The van der Waals surface area contributed by atoms with Crippen molar-refractivity contribution in [2.45, 2.75) is 18.6 Å². The lowest BCUT2D eigenvalue weighted by atomic mass is 10.2. The highest BCUT2D eigenvalue weighted by molar-refractivity contribution is 7.99. The number of aryl methyl sites for hydroxylation is 1. The Kier molecular flexibility index (Phi) is 6.21. The lowest BCUT2D eigenvalue weighted by molar-refractivity contribution is -0.113. The fourth-order valence-corrected chi connectivity index (χ4v) is 3.92. The zero-order chi connectivity index (χ0) is 20.9. The quantitative estimate of drug-likeness (QED) is 0.397. The summed E-state index contributed by atoms with van der Waals surface area (Å²) in [5.41, 5.74) is 2.71. The molecule has 0 saturated heterocycles. The van der Waals surface area contributed by atoms with Gasteiger partial charge < -0.3 is 9.73 Å². The molecular formula is C22H19ClN4O2S. The van der Waals surface area contributed by atoms with Crippen LogP contribution in [-0.2, 0) is 11.3 Å². The molecule has 0 aliphatic heterocycles. The number of furan rings is 1. The number of aromatic nitrogens is 3. The Labute approximate surface area is 183 Å². The van der Waals surface area contributed by atoms with E-state index in [1.807, 2.05) is 72.2 Å². The normalized spacial score (nSPS) is 10.9. The van der Waals surface area contributed by atoms with Crippen molar-refractivity contribution in [2.75, 3.05) is 11.1 Å². The van der Waals surface area contributed by atoms with Crippen molar-refractivity contribution in [3.05, 3.63) is 83.3 Å². The molecule has 0 spiro atoms. The minimum absolute atomic E-state index is 0.109. The molecule has 2 aromatic heterocycles. The van der Waals surface area contributed by atoms with Crippen LogP contribution in [0.4, 0.5) is 5.69 Å². The summed E-state index contributed by atoms with van der Waals surface area (Å²) in [5, 5.41) is 12.8. The Morgan fingerprint density at radius 2 is 2.00 bits per heavy atom. The summed E-state index contributed by atoms with van der Waals surface area (Å²) < 4.78 is 7.43. The number of carbonyl (C=O) groups is 1. The Hall–Kier alpha value is -3.03. The average molecular weight is 439 g/mol. The minimum Gasteiger partial charge on any atom is -0.467 e. The van der Waals surface area contributed by atoms with Gasteiger partial charge in [0.05, 0.1) is 18.6 Å². The van der Waals surface area contributed by atoms with Crippen LogP contribution in [0, 0.1) is 6.92 Å². The number of benzene rings is 2. The molecule has 2 heterocycles. The summed E-state index contributed by atoms with van der Waals surface area (Å²) in [4.78, 5) is 12.4. The number of thioether (sulfide) groups is 1. The first kappa shape index (κ1) is 20.3. The standard InChI is InChI=1S/C22H19ClN4O2S/c1-15-5-2-8-18(11-15)24-20(28)14-30-22-26-25-21(16-6-3-7-17(23)12-16)27(22)13-19-9-4-10-29-19/h2-12H,13-14H2,1H3,(H,24,28). The van der Waals surface area contributed by atoms with Gasteiger partial charge in [0.25, 0.3) is 0 Å². The summed E-state index contributed by atoms with van der Waals surface area (Å²) in [7, 11) is 0. The van der Waals surface area contributed by atoms with E-state index < -0.39 is 0 Å². The Bertz CT molecular complexity index is 1160.